The van der Waals surface area contributed by atoms with Crippen LogP contribution in [0.3, 0.4) is 0 Å². The van der Waals surface area contributed by atoms with E-state index in [9.17, 15) is 0 Å². The molecule has 1 spiro atoms. The summed E-state index contributed by atoms with van der Waals surface area (Å²) in [6, 6.07) is 55.6. The molecule has 0 radical (unpaired) electrons. The Hall–Kier alpha value is -5.84. The molecule has 5 heterocycles. The van der Waals surface area contributed by atoms with Crippen LogP contribution in [0, 0.1) is 6.92 Å². The molecule has 230 valence electrons. The second kappa shape index (κ2) is 8.65. The highest BCUT2D eigenvalue weighted by Crippen LogP contribution is 2.64. The molecular formula is C46H27BN2S. The molecular weight excluding hydrogens is 623 g/mol. The summed E-state index contributed by atoms with van der Waals surface area (Å²) in [5.74, 6) is 0. The van der Waals surface area contributed by atoms with Gasteiger partial charge in [-0.25, -0.2) is 0 Å². The lowest BCUT2D eigenvalue weighted by Crippen LogP contribution is -2.58. The predicted octanol–water partition coefficient (Wildman–Crippen LogP) is 10.4. The van der Waals surface area contributed by atoms with E-state index in [1.165, 1.54) is 109 Å². The molecule has 1 aliphatic carbocycles. The molecule has 0 atom stereocenters. The first kappa shape index (κ1) is 26.1. The summed E-state index contributed by atoms with van der Waals surface area (Å²) in [7, 11) is 0. The molecule has 7 aromatic carbocycles. The number of aryl methyl sites for hydroxylation is 1. The zero-order chi connectivity index (χ0) is 32.5. The Morgan fingerprint density at radius 2 is 1.20 bits per heavy atom. The fourth-order valence-corrected chi connectivity index (χ4v) is 11.8. The summed E-state index contributed by atoms with van der Waals surface area (Å²) in [5.41, 5.74) is 21.1. The molecule has 0 saturated carbocycles. The number of para-hydroxylation sites is 3. The number of rotatable bonds is 0. The van der Waals surface area contributed by atoms with Gasteiger partial charge in [-0.2, -0.15) is 0 Å². The van der Waals surface area contributed by atoms with Crippen LogP contribution in [0.2, 0.25) is 0 Å². The maximum atomic E-state index is 2.73. The minimum absolute atomic E-state index is 0.0360. The van der Waals surface area contributed by atoms with E-state index in [4.69, 9.17) is 0 Å². The number of nitrogens with zero attached hydrogens (tertiary/aromatic N) is 2. The summed E-state index contributed by atoms with van der Waals surface area (Å²) in [4.78, 5) is 2.63. The number of thiophene rings is 1. The van der Waals surface area contributed by atoms with Gasteiger partial charge >= 0.3 is 6.85 Å². The van der Waals surface area contributed by atoms with Crippen LogP contribution in [0.4, 0.5) is 17.1 Å². The van der Waals surface area contributed by atoms with Crippen LogP contribution in [-0.4, -0.2) is 11.3 Å². The standard InChI is InChI=1S/C46H27BN2S/c1-26-24-32-29-15-10-16-31-42(29)49(43-30-14-4-9-23-40(30)50-45(31)43)47-37-21-11-20-36-44(37)48(39(25-26)41(32)47)38-22-8-7-19-35(38)46(36)33-17-5-2-12-27(33)28-13-3-6-18-34(28)46/h2-25H,1H3. The zero-order valence-corrected chi connectivity index (χ0v) is 28.1. The smallest absolute Gasteiger partial charge is 0.333 e. The van der Waals surface area contributed by atoms with Gasteiger partial charge in [0.05, 0.1) is 21.3 Å². The fourth-order valence-electron chi connectivity index (χ4n) is 10.6. The van der Waals surface area contributed by atoms with Gasteiger partial charge in [-0.05, 0) is 80.6 Å². The predicted molar refractivity (Wildman–Crippen MR) is 211 cm³/mol. The second-order valence-electron chi connectivity index (χ2n) is 14.4. The molecule has 3 aliphatic heterocycles. The number of fused-ring (bicyclic) bond motifs is 18. The minimum Gasteiger partial charge on any atom is -0.374 e. The van der Waals surface area contributed by atoms with Crippen molar-refractivity contribution in [1.29, 1.82) is 0 Å². The van der Waals surface area contributed by atoms with Gasteiger partial charge in [-0.15, -0.1) is 11.3 Å². The highest BCUT2D eigenvalue weighted by molar-refractivity contribution is 7.27. The number of aromatic nitrogens is 1. The average molecular weight is 651 g/mol. The molecule has 13 rings (SSSR count). The van der Waals surface area contributed by atoms with E-state index >= 15 is 0 Å². The Morgan fingerprint density at radius 3 is 2.04 bits per heavy atom. The fraction of sp³-hybridized carbons (Fsp3) is 0.0435. The summed E-state index contributed by atoms with van der Waals surface area (Å²) in [6.07, 6.45) is 0. The maximum Gasteiger partial charge on any atom is 0.333 e. The van der Waals surface area contributed by atoms with E-state index in [-0.39, 0.29) is 6.85 Å². The molecule has 2 aromatic heterocycles. The molecule has 50 heavy (non-hydrogen) atoms. The van der Waals surface area contributed by atoms with Gasteiger partial charge in [-0.1, -0.05) is 127 Å². The SMILES string of the molecule is Cc1cc2c3c(c1)N1c4ccccc4C4(c5ccccc5-c5ccccc54)c4cccc(c41)B3n1c3c-2cccc3c2sc3ccccc3c21. The molecule has 0 fully saturated rings. The quantitative estimate of drug-likeness (QED) is 0.148. The first-order valence-corrected chi connectivity index (χ1v) is 18.4. The lowest BCUT2D eigenvalue weighted by Gasteiger charge is -2.49. The van der Waals surface area contributed by atoms with Gasteiger partial charge < -0.3 is 9.38 Å². The summed E-state index contributed by atoms with van der Waals surface area (Å²) < 4.78 is 5.47. The first-order chi connectivity index (χ1) is 24.7. The molecule has 4 heteroatoms. The Bertz CT molecular complexity index is 2990. The number of hydrogen-bond acceptors (Lipinski definition) is 2. The van der Waals surface area contributed by atoms with Crippen LogP contribution in [0.25, 0.3) is 53.5 Å². The van der Waals surface area contributed by atoms with Crippen LogP contribution in [0.1, 0.15) is 27.8 Å². The molecule has 0 amide bonds. The zero-order valence-electron chi connectivity index (χ0n) is 27.2. The van der Waals surface area contributed by atoms with Crippen LogP contribution in [-0.2, 0) is 5.41 Å². The van der Waals surface area contributed by atoms with Crippen molar-refractivity contribution < 1.29 is 0 Å². The van der Waals surface area contributed by atoms with E-state index < -0.39 is 5.41 Å². The average Bonchev–Trinajstić information content (AvgIpc) is 3.80. The van der Waals surface area contributed by atoms with Crippen molar-refractivity contribution in [1.82, 2.24) is 4.48 Å². The largest absolute Gasteiger partial charge is 0.374 e. The van der Waals surface area contributed by atoms with Crippen molar-refractivity contribution in [3.05, 3.63) is 173 Å². The molecule has 9 aromatic rings. The van der Waals surface area contributed by atoms with Crippen LogP contribution < -0.4 is 15.8 Å². The molecule has 0 bridgehead atoms. The van der Waals surface area contributed by atoms with Crippen LogP contribution >= 0.6 is 11.3 Å². The van der Waals surface area contributed by atoms with E-state index in [1.54, 1.807) is 0 Å². The molecule has 2 nitrogen and oxygen atoms in total. The second-order valence-corrected chi connectivity index (χ2v) is 15.5. The molecule has 0 N–H and O–H groups in total. The normalized spacial score (nSPS) is 15.0. The number of anilines is 3. The molecule has 0 unspecified atom stereocenters. The molecule has 0 saturated heterocycles. The Morgan fingerprint density at radius 1 is 0.540 bits per heavy atom. The monoisotopic (exact) mass is 650 g/mol. The van der Waals surface area contributed by atoms with Crippen molar-refractivity contribution in [2.75, 3.05) is 4.90 Å². The van der Waals surface area contributed by atoms with Crippen molar-refractivity contribution in [2.24, 2.45) is 0 Å². The topological polar surface area (TPSA) is 8.17 Å². The number of benzene rings is 7. The lowest BCUT2D eigenvalue weighted by atomic mass is 9.44. The van der Waals surface area contributed by atoms with Crippen molar-refractivity contribution in [3.63, 3.8) is 0 Å². The summed E-state index contributed by atoms with van der Waals surface area (Å²) in [5, 5.41) is 2.71. The Labute approximate surface area is 293 Å². The van der Waals surface area contributed by atoms with Gasteiger partial charge in [0.2, 0.25) is 0 Å². The Kier molecular flexibility index (Phi) is 4.52. The van der Waals surface area contributed by atoms with E-state index in [2.05, 4.69) is 162 Å². The van der Waals surface area contributed by atoms with Crippen molar-refractivity contribution in [2.45, 2.75) is 12.3 Å². The van der Waals surface area contributed by atoms with Crippen LogP contribution in [0.15, 0.2) is 146 Å². The van der Waals surface area contributed by atoms with Crippen molar-refractivity contribution in [3.8, 4) is 22.3 Å². The summed E-state index contributed by atoms with van der Waals surface area (Å²) in [6.45, 7) is 2.31. The third-order valence-electron chi connectivity index (χ3n) is 12.2. The van der Waals surface area contributed by atoms with Crippen LogP contribution in [0.5, 0.6) is 0 Å². The van der Waals surface area contributed by atoms with Gasteiger partial charge in [0, 0.05) is 37.9 Å². The van der Waals surface area contributed by atoms with E-state index in [0.717, 1.165) is 0 Å². The lowest BCUT2D eigenvalue weighted by molar-refractivity contribution is 0.753. The van der Waals surface area contributed by atoms with E-state index in [0.29, 0.717) is 0 Å². The third-order valence-corrected chi connectivity index (χ3v) is 13.4. The van der Waals surface area contributed by atoms with Gasteiger partial charge in [-0.3, -0.25) is 0 Å². The Balaban J connectivity index is 1.25. The van der Waals surface area contributed by atoms with Gasteiger partial charge in [0.1, 0.15) is 0 Å². The van der Waals surface area contributed by atoms with Crippen molar-refractivity contribution >= 4 is 77.4 Å². The van der Waals surface area contributed by atoms with E-state index in [1.807, 2.05) is 11.3 Å². The number of hydrogen-bond donors (Lipinski definition) is 0. The highest BCUT2D eigenvalue weighted by Gasteiger charge is 2.55. The highest BCUT2D eigenvalue weighted by atomic mass is 32.1. The minimum atomic E-state index is -0.432. The van der Waals surface area contributed by atoms with Gasteiger partial charge in [0.15, 0.2) is 0 Å². The van der Waals surface area contributed by atoms with Gasteiger partial charge in [0.25, 0.3) is 0 Å². The first-order valence-electron chi connectivity index (χ1n) is 17.6. The summed E-state index contributed by atoms with van der Waals surface area (Å²) >= 11 is 1.94. The maximum absolute atomic E-state index is 2.73. The molecule has 4 aliphatic rings. The third kappa shape index (κ3) is 2.72.